The molecule has 0 saturated carbocycles. The van der Waals surface area contributed by atoms with E-state index in [1.165, 1.54) is 6.20 Å². The van der Waals surface area contributed by atoms with E-state index in [0.29, 0.717) is 18.8 Å². The maximum absolute atomic E-state index is 12.4. The monoisotopic (exact) mass is 315 g/mol. The van der Waals surface area contributed by atoms with Crippen LogP contribution < -0.4 is 10.0 Å². The number of anilines is 1. The van der Waals surface area contributed by atoms with E-state index < -0.39 is 15.6 Å². The van der Waals surface area contributed by atoms with Crippen molar-refractivity contribution in [1.29, 1.82) is 0 Å². The second kappa shape index (κ2) is 7.72. The third-order valence-corrected chi connectivity index (χ3v) is 4.29. The summed E-state index contributed by atoms with van der Waals surface area (Å²) in [5.41, 5.74) is 0.00896. The molecule has 0 aliphatic rings. The fourth-order valence-electron chi connectivity index (χ4n) is 1.79. The molecule has 1 aromatic rings. The van der Waals surface area contributed by atoms with Crippen molar-refractivity contribution in [2.24, 2.45) is 0 Å². The summed E-state index contributed by atoms with van der Waals surface area (Å²) in [4.78, 5) is 4.07. The highest BCUT2D eigenvalue weighted by atomic mass is 32.2. The van der Waals surface area contributed by atoms with Gasteiger partial charge in [-0.2, -0.15) is 0 Å². The van der Waals surface area contributed by atoms with E-state index in [4.69, 9.17) is 4.74 Å². The molecule has 1 rings (SSSR count). The van der Waals surface area contributed by atoms with Crippen LogP contribution in [0.15, 0.2) is 23.4 Å². The highest BCUT2D eigenvalue weighted by Gasteiger charge is 2.24. The lowest BCUT2D eigenvalue weighted by molar-refractivity contribution is -0.00515. The molecule has 0 unspecified atom stereocenters. The van der Waals surface area contributed by atoms with E-state index in [2.05, 4.69) is 15.0 Å². The molecule has 0 aliphatic carbocycles. The predicted octanol–water partition coefficient (Wildman–Crippen LogP) is 2.00. The van der Waals surface area contributed by atoms with E-state index >= 15 is 0 Å². The third kappa shape index (κ3) is 5.61. The van der Waals surface area contributed by atoms with Gasteiger partial charge in [-0.25, -0.2) is 13.1 Å². The summed E-state index contributed by atoms with van der Waals surface area (Å²) in [6, 6.07) is 1.66. The first-order valence-corrected chi connectivity index (χ1v) is 8.62. The Morgan fingerprint density at radius 3 is 2.67 bits per heavy atom. The molecule has 7 heteroatoms. The molecule has 0 amide bonds. The van der Waals surface area contributed by atoms with Gasteiger partial charge in [0, 0.05) is 32.1 Å². The summed E-state index contributed by atoms with van der Waals surface area (Å²) in [5.74, 6) is 0. The summed E-state index contributed by atoms with van der Waals surface area (Å²) in [6.45, 7) is 9.03. The number of sulfonamides is 1. The van der Waals surface area contributed by atoms with Crippen LogP contribution in [0.1, 0.15) is 34.1 Å². The summed E-state index contributed by atoms with van der Waals surface area (Å²) in [5, 5.41) is 3.10. The molecule has 0 spiro atoms. The molecule has 0 fully saturated rings. The van der Waals surface area contributed by atoms with Crippen molar-refractivity contribution in [3.63, 3.8) is 0 Å². The number of rotatable bonds is 9. The van der Waals surface area contributed by atoms with Crippen LogP contribution in [0.25, 0.3) is 0 Å². The minimum Gasteiger partial charge on any atom is -0.384 e. The average Bonchev–Trinajstić information content (AvgIpc) is 2.43. The van der Waals surface area contributed by atoms with Crippen molar-refractivity contribution in [2.45, 2.75) is 44.6 Å². The van der Waals surface area contributed by atoms with Gasteiger partial charge in [0.15, 0.2) is 0 Å². The SMILES string of the molecule is CCCNc1ccncc1S(=O)(=O)NCC(C)(C)OCC. The first-order chi connectivity index (χ1) is 9.82. The van der Waals surface area contributed by atoms with E-state index in [-0.39, 0.29) is 11.4 Å². The number of aromatic nitrogens is 1. The van der Waals surface area contributed by atoms with Gasteiger partial charge >= 0.3 is 0 Å². The smallest absolute Gasteiger partial charge is 0.244 e. The van der Waals surface area contributed by atoms with Crippen molar-refractivity contribution in [1.82, 2.24) is 9.71 Å². The molecule has 120 valence electrons. The molecule has 1 heterocycles. The van der Waals surface area contributed by atoms with Gasteiger partial charge in [-0.05, 0) is 33.3 Å². The molecule has 0 aliphatic heterocycles. The number of nitrogens with zero attached hydrogens (tertiary/aromatic N) is 1. The fraction of sp³-hybridized carbons (Fsp3) is 0.643. The van der Waals surface area contributed by atoms with Gasteiger partial charge in [0.05, 0.1) is 11.3 Å². The van der Waals surface area contributed by atoms with Crippen LogP contribution in [0.3, 0.4) is 0 Å². The van der Waals surface area contributed by atoms with Crippen LogP contribution in [0.4, 0.5) is 5.69 Å². The maximum Gasteiger partial charge on any atom is 0.244 e. The number of hydrogen-bond acceptors (Lipinski definition) is 5. The Kier molecular flexibility index (Phi) is 6.57. The molecule has 0 atom stereocenters. The standard InChI is InChI=1S/C14H25N3O3S/c1-5-8-16-12-7-9-15-10-13(12)21(18,19)17-11-14(3,4)20-6-2/h7,9-10,17H,5-6,8,11H2,1-4H3,(H,15,16). The van der Waals surface area contributed by atoms with Crippen LogP contribution in [0.5, 0.6) is 0 Å². The first kappa shape index (κ1) is 17.9. The zero-order valence-electron chi connectivity index (χ0n) is 13.1. The van der Waals surface area contributed by atoms with Gasteiger partial charge in [0.2, 0.25) is 10.0 Å². The lowest BCUT2D eigenvalue weighted by Gasteiger charge is -2.25. The van der Waals surface area contributed by atoms with Crippen molar-refractivity contribution in [3.05, 3.63) is 18.5 Å². The molecule has 21 heavy (non-hydrogen) atoms. The molecule has 0 bridgehead atoms. The second-order valence-corrected chi connectivity index (χ2v) is 7.05. The highest BCUT2D eigenvalue weighted by molar-refractivity contribution is 7.89. The molecule has 0 aromatic carbocycles. The Labute approximate surface area is 127 Å². The zero-order chi connectivity index (χ0) is 15.9. The Morgan fingerprint density at radius 1 is 1.33 bits per heavy atom. The van der Waals surface area contributed by atoms with Gasteiger partial charge in [-0.1, -0.05) is 6.92 Å². The topological polar surface area (TPSA) is 80.3 Å². The third-order valence-electron chi connectivity index (χ3n) is 2.86. The van der Waals surface area contributed by atoms with Crippen molar-refractivity contribution in [2.75, 3.05) is 25.0 Å². The van der Waals surface area contributed by atoms with Crippen molar-refractivity contribution >= 4 is 15.7 Å². The molecule has 0 radical (unpaired) electrons. The minimum absolute atomic E-state index is 0.158. The van der Waals surface area contributed by atoms with Gasteiger partial charge in [0.1, 0.15) is 4.90 Å². The van der Waals surface area contributed by atoms with Crippen LogP contribution in [-0.2, 0) is 14.8 Å². The Balaban J connectivity index is 2.88. The molecule has 1 aromatic heterocycles. The molecule has 2 N–H and O–H groups in total. The quantitative estimate of drug-likeness (QED) is 0.728. The highest BCUT2D eigenvalue weighted by Crippen LogP contribution is 2.20. The van der Waals surface area contributed by atoms with E-state index in [1.54, 1.807) is 12.3 Å². The van der Waals surface area contributed by atoms with Crippen LogP contribution >= 0.6 is 0 Å². The number of pyridine rings is 1. The number of ether oxygens (including phenoxy) is 1. The normalized spacial score (nSPS) is 12.4. The van der Waals surface area contributed by atoms with E-state index in [9.17, 15) is 8.42 Å². The lowest BCUT2D eigenvalue weighted by atomic mass is 10.1. The summed E-state index contributed by atoms with van der Waals surface area (Å²) in [6.07, 6.45) is 3.84. The maximum atomic E-state index is 12.4. The molecule has 6 nitrogen and oxygen atoms in total. The molecular formula is C14H25N3O3S. The largest absolute Gasteiger partial charge is 0.384 e. The van der Waals surface area contributed by atoms with Crippen molar-refractivity contribution < 1.29 is 13.2 Å². The number of hydrogen-bond donors (Lipinski definition) is 2. The van der Waals surface area contributed by atoms with Crippen molar-refractivity contribution in [3.8, 4) is 0 Å². The Hall–Kier alpha value is -1.18. The minimum atomic E-state index is -3.63. The van der Waals surface area contributed by atoms with E-state index in [1.807, 2.05) is 27.7 Å². The van der Waals surface area contributed by atoms with E-state index in [0.717, 1.165) is 6.42 Å². The van der Waals surface area contributed by atoms with Gasteiger partial charge in [-0.3, -0.25) is 4.98 Å². The molecular weight excluding hydrogens is 290 g/mol. The zero-order valence-corrected chi connectivity index (χ0v) is 14.0. The average molecular weight is 315 g/mol. The fourth-order valence-corrected chi connectivity index (χ4v) is 3.11. The van der Waals surface area contributed by atoms with Crippen LogP contribution in [-0.4, -0.2) is 38.7 Å². The van der Waals surface area contributed by atoms with Crippen LogP contribution in [0.2, 0.25) is 0 Å². The van der Waals surface area contributed by atoms with Crippen LogP contribution in [0, 0.1) is 0 Å². The predicted molar refractivity (Wildman–Crippen MR) is 83.9 cm³/mol. The van der Waals surface area contributed by atoms with Gasteiger partial charge < -0.3 is 10.1 Å². The molecule has 0 saturated heterocycles. The van der Waals surface area contributed by atoms with Gasteiger partial charge in [-0.15, -0.1) is 0 Å². The number of nitrogens with one attached hydrogen (secondary N) is 2. The Bertz CT molecular complexity index is 544. The summed E-state index contributed by atoms with van der Waals surface area (Å²) in [7, 11) is -3.63. The summed E-state index contributed by atoms with van der Waals surface area (Å²) < 4.78 is 32.9. The summed E-state index contributed by atoms with van der Waals surface area (Å²) >= 11 is 0. The second-order valence-electron chi connectivity index (χ2n) is 5.32. The Morgan fingerprint density at radius 2 is 2.05 bits per heavy atom. The lowest BCUT2D eigenvalue weighted by Crippen LogP contribution is -2.40. The first-order valence-electron chi connectivity index (χ1n) is 7.14. The van der Waals surface area contributed by atoms with Gasteiger partial charge in [0.25, 0.3) is 0 Å².